The summed E-state index contributed by atoms with van der Waals surface area (Å²) in [6.07, 6.45) is 2.12. The lowest BCUT2D eigenvalue weighted by Gasteiger charge is -2.01. The molecule has 0 spiro atoms. The monoisotopic (exact) mass is 173 g/mol. The fourth-order valence-electron chi connectivity index (χ4n) is 0.531. The number of carbonyl (C=O) groups is 1. The van der Waals surface area contributed by atoms with Crippen LogP contribution in [0.5, 0.6) is 0 Å². The van der Waals surface area contributed by atoms with Gasteiger partial charge in [-0.15, -0.1) is 0 Å². The largest absolute Gasteiger partial charge is 0.435 e. The van der Waals surface area contributed by atoms with Crippen molar-refractivity contribution in [2.45, 2.75) is 20.3 Å². The van der Waals surface area contributed by atoms with E-state index in [4.69, 9.17) is 10.5 Å². The molecule has 0 fully saturated rings. The van der Waals surface area contributed by atoms with Crippen molar-refractivity contribution in [2.75, 3.05) is 13.4 Å². The predicted octanol–water partition coefficient (Wildman–Crippen LogP) is 0.776. The van der Waals surface area contributed by atoms with E-state index in [0.717, 1.165) is 6.42 Å². The summed E-state index contributed by atoms with van der Waals surface area (Å²) in [4.78, 5) is 10.8. The van der Waals surface area contributed by atoms with Gasteiger partial charge in [0.25, 0.3) is 0 Å². The molecule has 0 aromatic heterocycles. The molecule has 4 heteroatoms. The van der Waals surface area contributed by atoms with E-state index in [1.807, 2.05) is 6.92 Å². The number of hydrogen-bond acceptors (Lipinski definition) is 4. The third-order valence-corrected chi connectivity index (χ3v) is 0.979. The van der Waals surface area contributed by atoms with Gasteiger partial charge in [-0.05, 0) is 13.3 Å². The van der Waals surface area contributed by atoms with Crippen molar-refractivity contribution < 1.29 is 14.3 Å². The van der Waals surface area contributed by atoms with Crippen LogP contribution in [0.2, 0.25) is 0 Å². The number of rotatable bonds is 5. The van der Waals surface area contributed by atoms with Crippen LogP contribution in [0.3, 0.4) is 0 Å². The average molecular weight is 173 g/mol. The van der Waals surface area contributed by atoms with E-state index >= 15 is 0 Å². The van der Waals surface area contributed by atoms with Gasteiger partial charge in [0.1, 0.15) is 0 Å². The van der Waals surface area contributed by atoms with Crippen LogP contribution in [0.4, 0.5) is 0 Å². The van der Waals surface area contributed by atoms with E-state index in [1.165, 1.54) is 6.08 Å². The molecule has 0 aliphatic heterocycles. The highest BCUT2D eigenvalue weighted by molar-refractivity contribution is 5.82. The van der Waals surface area contributed by atoms with Gasteiger partial charge in [0.15, 0.2) is 6.79 Å². The second-order valence-corrected chi connectivity index (χ2v) is 2.38. The molecule has 2 N–H and O–H groups in total. The van der Waals surface area contributed by atoms with Crippen LogP contribution in [0.1, 0.15) is 20.3 Å². The van der Waals surface area contributed by atoms with Gasteiger partial charge < -0.3 is 15.2 Å². The van der Waals surface area contributed by atoms with Crippen LogP contribution in [0.25, 0.3) is 0 Å². The molecular weight excluding hydrogens is 158 g/mol. The maximum atomic E-state index is 10.8. The minimum Gasteiger partial charge on any atom is -0.435 e. The van der Waals surface area contributed by atoms with E-state index < -0.39 is 5.97 Å². The van der Waals surface area contributed by atoms with Gasteiger partial charge in [-0.3, -0.25) is 0 Å². The fraction of sp³-hybridized carbons (Fsp3) is 0.625. The number of allylic oxidation sites excluding steroid dienone is 1. The number of carbonyl (C=O) groups excluding carboxylic acids is 1. The van der Waals surface area contributed by atoms with Crippen molar-refractivity contribution in [1.29, 1.82) is 0 Å². The lowest BCUT2D eigenvalue weighted by atomic mass is 10.4. The molecular formula is C8H15NO3. The lowest BCUT2D eigenvalue weighted by molar-refractivity contribution is -0.150. The maximum absolute atomic E-state index is 10.8. The Morgan fingerprint density at radius 2 is 2.25 bits per heavy atom. The molecule has 0 aromatic rings. The summed E-state index contributed by atoms with van der Waals surface area (Å²) in [6, 6.07) is 0. The number of hydrogen-bond donors (Lipinski definition) is 1. The Morgan fingerprint density at radius 1 is 1.58 bits per heavy atom. The van der Waals surface area contributed by atoms with E-state index in [9.17, 15) is 4.79 Å². The van der Waals surface area contributed by atoms with Crippen molar-refractivity contribution in [1.82, 2.24) is 0 Å². The minimum absolute atomic E-state index is 0.00352. The van der Waals surface area contributed by atoms with Crippen molar-refractivity contribution in [3.8, 4) is 0 Å². The number of nitrogens with two attached hydrogens (primary N) is 1. The summed E-state index contributed by atoms with van der Waals surface area (Å²) in [5.41, 5.74) is 5.67. The van der Waals surface area contributed by atoms with Gasteiger partial charge in [0, 0.05) is 11.8 Å². The molecule has 0 atom stereocenters. The van der Waals surface area contributed by atoms with Crippen LogP contribution in [-0.2, 0) is 14.3 Å². The van der Waals surface area contributed by atoms with Gasteiger partial charge in [-0.2, -0.15) is 0 Å². The quantitative estimate of drug-likeness (QED) is 0.289. The molecule has 0 unspecified atom stereocenters. The minimum atomic E-state index is -0.467. The summed E-state index contributed by atoms with van der Waals surface area (Å²) < 4.78 is 9.56. The van der Waals surface area contributed by atoms with Crippen LogP contribution < -0.4 is 5.73 Å². The van der Waals surface area contributed by atoms with Crippen LogP contribution in [0, 0.1) is 0 Å². The molecule has 0 saturated heterocycles. The summed E-state index contributed by atoms with van der Waals surface area (Å²) >= 11 is 0. The smallest absolute Gasteiger partial charge is 0.334 e. The van der Waals surface area contributed by atoms with Gasteiger partial charge in [0.2, 0.25) is 0 Å². The molecule has 70 valence electrons. The zero-order valence-electron chi connectivity index (χ0n) is 7.50. The summed E-state index contributed by atoms with van der Waals surface area (Å²) in [7, 11) is 0. The highest BCUT2D eigenvalue weighted by atomic mass is 16.7. The van der Waals surface area contributed by atoms with Crippen molar-refractivity contribution in [3.05, 3.63) is 11.8 Å². The highest BCUT2D eigenvalue weighted by Gasteiger charge is 1.96. The number of ether oxygens (including phenoxy) is 2. The summed E-state index contributed by atoms with van der Waals surface area (Å²) in [5.74, 6) is -0.467. The SMILES string of the molecule is CCCOCOC(=O)C=C(C)N. The molecule has 12 heavy (non-hydrogen) atoms. The molecule has 0 aliphatic rings. The standard InChI is InChI=1S/C8H15NO3/c1-3-4-11-6-12-8(10)5-7(2)9/h5H,3-4,6,9H2,1-2H3. The molecule has 0 heterocycles. The normalized spacial score (nSPS) is 11.3. The molecule has 0 rings (SSSR count). The highest BCUT2D eigenvalue weighted by Crippen LogP contribution is 1.87. The summed E-state index contributed by atoms with van der Waals surface area (Å²) in [6.45, 7) is 4.19. The molecule has 0 aliphatic carbocycles. The van der Waals surface area contributed by atoms with E-state index in [2.05, 4.69) is 4.74 Å². The molecule has 4 nitrogen and oxygen atoms in total. The van der Waals surface area contributed by atoms with Gasteiger partial charge in [-0.1, -0.05) is 6.92 Å². The first-order valence-electron chi connectivity index (χ1n) is 3.85. The Kier molecular flexibility index (Phi) is 6.09. The average Bonchev–Trinajstić information content (AvgIpc) is 1.97. The number of esters is 1. The first-order chi connectivity index (χ1) is 5.66. The molecule has 0 bridgehead atoms. The Hall–Kier alpha value is -1.03. The van der Waals surface area contributed by atoms with Gasteiger partial charge in [0.05, 0.1) is 6.61 Å². The first kappa shape index (κ1) is 11.0. The second-order valence-electron chi connectivity index (χ2n) is 2.38. The second kappa shape index (κ2) is 6.67. The third kappa shape index (κ3) is 7.08. The molecule has 0 saturated carbocycles. The van der Waals surface area contributed by atoms with Crippen molar-refractivity contribution in [2.24, 2.45) is 5.73 Å². The zero-order chi connectivity index (χ0) is 9.40. The Balaban J connectivity index is 3.39. The van der Waals surface area contributed by atoms with Gasteiger partial charge >= 0.3 is 5.97 Å². The van der Waals surface area contributed by atoms with E-state index in [-0.39, 0.29) is 6.79 Å². The molecule has 0 amide bonds. The molecule has 0 radical (unpaired) electrons. The van der Waals surface area contributed by atoms with Gasteiger partial charge in [-0.25, -0.2) is 4.79 Å². The predicted molar refractivity (Wildman–Crippen MR) is 45.1 cm³/mol. The van der Waals surface area contributed by atoms with Crippen LogP contribution >= 0.6 is 0 Å². The third-order valence-electron chi connectivity index (χ3n) is 0.979. The summed E-state index contributed by atoms with van der Waals surface area (Å²) in [5, 5.41) is 0. The topological polar surface area (TPSA) is 61.5 Å². The Morgan fingerprint density at radius 3 is 2.75 bits per heavy atom. The zero-order valence-corrected chi connectivity index (χ0v) is 7.50. The Bertz CT molecular complexity index is 162. The lowest BCUT2D eigenvalue weighted by Crippen LogP contribution is -2.08. The van der Waals surface area contributed by atoms with Crippen molar-refractivity contribution >= 4 is 5.97 Å². The Labute approximate surface area is 72.3 Å². The van der Waals surface area contributed by atoms with Crippen molar-refractivity contribution in [3.63, 3.8) is 0 Å². The van der Waals surface area contributed by atoms with Crippen LogP contribution in [0.15, 0.2) is 11.8 Å². The maximum Gasteiger partial charge on any atom is 0.334 e. The first-order valence-corrected chi connectivity index (χ1v) is 3.85. The van der Waals surface area contributed by atoms with Crippen LogP contribution in [-0.4, -0.2) is 19.4 Å². The fourth-order valence-corrected chi connectivity index (χ4v) is 0.531. The molecule has 0 aromatic carbocycles. The van der Waals surface area contributed by atoms with E-state index in [0.29, 0.717) is 12.3 Å². The van der Waals surface area contributed by atoms with E-state index in [1.54, 1.807) is 6.92 Å².